The van der Waals surface area contributed by atoms with Gasteiger partial charge in [0.2, 0.25) is 5.91 Å². The first kappa shape index (κ1) is 26.6. The van der Waals surface area contributed by atoms with Crippen LogP contribution in [0.15, 0.2) is 30.5 Å². The Morgan fingerprint density at radius 1 is 1.15 bits per heavy atom. The van der Waals surface area contributed by atoms with Gasteiger partial charge in [-0.3, -0.25) is 9.78 Å². The standard InChI is InChI=1S/C24H37N3O5Si/c1-23(2,3)31-22(30)27-20(12-13-28)21(29)26-19-11-9-10-18-17(19)14-16(15-25-18)32-33(7,8)24(4,5)6/h9-11,14-15,20,28H,12-13H2,1-8H3,(H,26,29)(H,27,30). The molecule has 0 radical (unpaired) electrons. The van der Waals surface area contributed by atoms with Gasteiger partial charge in [0.1, 0.15) is 17.4 Å². The van der Waals surface area contributed by atoms with Crippen molar-refractivity contribution in [3.8, 4) is 5.75 Å². The lowest BCUT2D eigenvalue weighted by atomic mass is 10.1. The number of carbonyl (C=O) groups is 2. The van der Waals surface area contributed by atoms with E-state index in [9.17, 15) is 14.7 Å². The normalized spacial score (nSPS) is 13.4. The Kier molecular flexibility index (Phi) is 8.13. The number of nitrogens with zero attached hydrogens (tertiary/aromatic N) is 1. The highest BCUT2D eigenvalue weighted by Crippen LogP contribution is 2.38. The molecule has 1 unspecified atom stereocenters. The maximum Gasteiger partial charge on any atom is 0.408 e. The molecule has 8 nitrogen and oxygen atoms in total. The number of fused-ring (bicyclic) bond motifs is 1. The molecule has 1 aromatic carbocycles. The van der Waals surface area contributed by atoms with E-state index in [0.717, 1.165) is 5.39 Å². The van der Waals surface area contributed by atoms with Gasteiger partial charge >= 0.3 is 6.09 Å². The van der Waals surface area contributed by atoms with Gasteiger partial charge in [0, 0.05) is 12.0 Å². The van der Waals surface area contributed by atoms with Crippen molar-refractivity contribution in [3.05, 3.63) is 30.5 Å². The summed E-state index contributed by atoms with van der Waals surface area (Å²) in [5.41, 5.74) is 0.542. The SMILES string of the molecule is CC(C)(C)OC(=O)NC(CCO)C(=O)Nc1cccc2ncc(O[Si](C)(C)C(C)(C)C)cc12. The Labute approximate surface area is 197 Å². The van der Waals surface area contributed by atoms with Crippen molar-refractivity contribution in [2.75, 3.05) is 11.9 Å². The molecule has 182 valence electrons. The number of rotatable bonds is 7. The smallest absolute Gasteiger partial charge is 0.408 e. The fraction of sp³-hybridized carbons (Fsp3) is 0.542. The van der Waals surface area contributed by atoms with E-state index in [1.54, 1.807) is 39.1 Å². The molecule has 1 aromatic heterocycles. The second-order valence-corrected chi connectivity index (χ2v) is 15.3. The van der Waals surface area contributed by atoms with E-state index in [1.807, 2.05) is 12.1 Å². The number of aromatic nitrogens is 1. The molecule has 0 aliphatic rings. The Bertz CT molecular complexity index is 996. The van der Waals surface area contributed by atoms with Crippen LogP contribution in [-0.4, -0.2) is 48.7 Å². The van der Waals surface area contributed by atoms with E-state index in [-0.39, 0.29) is 18.1 Å². The largest absolute Gasteiger partial charge is 0.542 e. The molecule has 1 atom stereocenters. The number of nitrogens with one attached hydrogen (secondary N) is 2. The molecule has 0 spiro atoms. The average molecular weight is 476 g/mol. The molecule has 0 aliphatic carbocycles. The summed E-state index contributed by atoms with van der Waals surface area (Å²) >= 11 is 0. The van der Waals surface area contributed by atoms with Crippen molar-refractivity contribution in [2.45, 2.75) is 77.7 Å². The van der Waals surface area contributed by atoms with Gasteiger partial charge in [0.25, 0.3) is 8.32 Å². The summed E-state index contributed by atoms with van der Waals surface area (Å²) in [4.78, 5) is 29.6. The van der Waals surface area contributed by atoms with Gasteiger partial charge in [-0.15, -0.1) is 0 Å². The number of anilines is 1. The van der Waals surface area contributed by atoms with Crippen molar-refractivity contribution in [2.24, 2.45) is 0 Å². The maximum atomic E-state index is 13.0. The van der Waals surface area contributed by atoms with Gasteiger partial charge in [-0.05, 0) is 63.5 Å². The summed E-state index contributed by atoms with van der Waals surface area (Å²) in [5.74, 6) is 0.188. The minimum absolute atomic E-state index is 0.0283. The van der Waals surface area contributed by atoms with Crippen molar-refractivity contribution in [1.82, 2.24) is 10.3 Å². The first-order valence-corrected chi connectivity index (χ1v) is 14.0. The Hall–Kier alpha value is -2.65. The van der Waals surface area contributed by atoms with E-state index < -0.39 is 32.0 Å². The molecule has 9 heteroatoms. The molecule has 0 aliphatic heterocycles. The highest BCUT2D eigenvalue weighted by atomic mass is 28.4. The van der Waals surface area contributed by atoms with Gasteiger partial charge in [-0.2, -0.15) is 0 Å². The van der Waals surface area contributed by atoms with Crippen LogP contribution in [0.3, 0.4) is 0 Å². The lowest BCUT2D eigenvalue weighted by Gasteiger charge is -2.36. The number of ether oxygens (including phenoxy) is 1. The monoisotopic (exact) mass is 475 g/mol. The zero-order valence-corrected chi connectivity index (χ0v) is 21.9. The molecule has 2 rings (SSSR count). The minimum atomic E-state index is -2.07. The summed E-state index contributed by atoms with van der Waals surface area (Å²) < 4.78 is 11.6. The van der Waals surface area contributed by atoms with Crippen molar-refractivity contribution in [1.29, 1.82) is 0 Å². The maximum absolute atomic E-state index is 13.0. The summed E-state index contributed by atoms with van der Waals surface area (Å²) in [5, 5.41) is 15.5. The van der Waals surface area contributed by atoms with Crippen LogP contribution < -0.4 is 15.1 Å². The quantitative estimate of drug-likeness (QED) is 0.495. The molecule has 2 amide bonds. The van der Waals surface area contributed by atoms with Gasteiger partial charge in [-0.1, -0.05) is 26.8 Å². The second kappa shape index (κ2) is 10.1. The number of pyridine rings is 1. The van der Waals surface area contributed by atoms with Crippen LogP contribution in [0.1, 0.15) is 48.0 Å². The van der Waals surface area contributed by atoms with Gasteiger partial charge in [-0.25, -0.2) is 4.79 Å². The number of hydrogen-bond donors (Lipinski definition) is 3. The number of alkyl carbamates (subject to hydrolysis) is 1. The molecular weight excluding hydrogens is 438 g/mol. The van der Waals surface area contributed by atoms with Crippen molar-refractivity contribution >= 4 is 36.9 Å². The van der Waals surface area contributed by atoms with Crippen LogP contribution in [0.4, 0.5) is 10.5 Å². The van der Waals surface area contributed by atoms with Crippen LogP contribution in [-0.2, 0) is 9.53 Å². The van der Waals surface area contributed by atoms with Gasteiger partial charge in [0.15, 0.2) is 0 Å². The topological polar surface area (TPSA) is 110 Å². The Morgan fingerprint density at radius 2 is 1.82 bits per heavy atom. The third-order valence-corrected chi connectivity index (χ3v) is 9.92. The fourth-order valence-corrected chi connectivity index (χ4v) is 3.82. The Morgan fingerprint density at radius 3 is 2.39 bits per heavy atom. The highest BCUT2D eigenvalue weighted by molar-refractivity contribution is 6.74. The van der Waals surface area contributed by atoms with E-state index in [2.05, 4.69) is 49.5 Å². The fourth-order valence-electron chi connectivity index (χ4n) is 2.81. The molecule has 33 heavy (non-hydrogen) atoms. The lowest BCUT2D eigenvalue weighted by Crippen LogP contribution is -2.46. The van der Waals surface area contributed by atoms with Crippen LogP contribution in [0, 0.1) is 0 Å². The molecule has 3 N–H and O–H groups in total. The molecule has 0 bridgehead atoms. The Balaban J connectivity index is 2.28. The van der Waals surface area contributed by atoms with Crippen molar-refractivity contribution in [3.63, 3.8) is 0 Å². The van der Waals surface area contributed by atoms with Gasteiger partial charge in [0.05, 0.1) is 17.4 Å². The van der Waals surface area contributed by atoms with Crippen LogP contribution in [0.5, 0.6) is 5.75 Å². The molecule has 0 fully saturated rings. The summed E-state index contributed by atoms with van der Waals surface area (Å²) in [6.07, 6.45) is 1.03. The zero-order valence-electron chi connectivity index (χ0n) is 20.9. The number of amides is 2. The molecule has 0 saturated carbocycles. The number of hydrogen-bond acceptors (Lipinski definition) is 6. The van der Waals surface area contributed by atoms with Gasteiger partial charge < -0.3 is 24.9 Å². The predicted octanol–water partition coefficient (Wildman–Crippen LogP) is 4.83. The van der Waals surface area contributed by atoms with Crippen LogP contribution in [0.25, 0.3) is 10.9 Å². The lowest BCUT2D eigenvalue weighted by molar-refractivity contribution is -0.118. The second-order valence-electron chi connectivity index (χ2n) is 10.6. The zero-order chi connectivity index (χ0) is 25.0. The third-order valence-electron chi connectivity index (χ3n) is 5.56. The first-order valence-electron chi connectivity index (χ1n) is 11.1. The van der Waals surface area contributed by atoms with Crippen LogP contribution >= 0.6 is 0 Å². The average Bonchev–Trinajstić information content (AvgIpc) is 2.65. The number of aliphatic hydroxyl groups is 1. The number of benzene rings is 1. The predicted molar refractivity (Wildman–Crippen MR) is 133 cm³/mol. The van der Waals surface area contributed by atoms with E-state index in [1.165, 1.54) is 0 Å². The van der Waals surface area contributed by atoms with E-state index >= 15 is 0 Å². The van der Waals surface area contributed by atoms with E-state index in [0.29, 0.717) is 17.0 Å². The summed E-state index contributed by atoms with van der Waals surface area (Å²) in [6.45, 7) is 15.8. The first-order chi connectivity index (χ1) is 15.1. The number of carbonyl (C=O) groups excluding carboxylic acids is 2. The minimum Gasteiger partial charge on any atom is -0.542 e. The van der Waals surface area contributed by atoms with E-state index in [4.69, 9.17) is 9.16 Å². The highest BCUT2D eigenvalue weighted by Gasteiger charge is 2.39. The van der Waals surface area contributed by atoms with Crippen molar-refractivity contribution < 1.29 is 23.9 Å². The number of aliphatic hydroxyl groups excluding tert-OH is 1. The third kappa shape index (κ3) is 7.43. The summed E-state index contributed by atoms with van der Waals surface area (Å²) in [7, 11) is -2.07. The molecule has 1 heterocycles. The molecule has 0 saturated heterocycles. The molecule has 2 aromatic rings. The summed E-state index contributed by atoms with van der Waals surface area (Å²) in [6, 6.07) is 6.33. The molecular formula is C24H37N3O5Si. The van der Waals surface area contributed by atoms with Crippen LogP contribution in [0.2, 0.25) is 18.1 Å².